The smallest absolute Gasteiger partial charge is 0.248 e. The first-order valence-corrected chi connectivity index (χ1v) is 12.4. The Bertz CT molecular complexity index is 903. The third-order valence-electron chi connectivity index (χ3n) is 7.85. The fraction of sp³-hybridized carbons (Fsp3) is 0.536. The fourth-order valence-electron chi connectivity index (χ4n) is 6.02. The van der Waals surface area contributed by atoms with E-state index in [9.17, 15) is 4.79 Å². The molecule has 170 valence electrons. The maximum atomic E-state index is 12.6. The summed E-state index contributed by atoms with van der Waals surface area (Å²) in [5.74, 6) is 2.32. The average Bonchev–Trinajstić information content (AvgIpc) is 3.25. The minimum atomic E-state index is 0.154. The molecule has 0 bridgehead atoms. The van der Waals surface area contributed by atoms with Gasteiger partial charge >= 0.3 is 0 Å². The lowest BCUT2D eigenvalue weighted by molar-refractivity contribution is -0.136. The number of amides is 1. The lowest BCUT2D eigenvalue weighted by atomic mass is 9.87. The van der Waals surface area contributed by atoms with Crippen LogP contribution in [0.5, 0.6) is 0 Å². The fourth-order valence-corrected chi connectivity index (χ4v) is 6.02. The number of ether oxygens (including phenoxy) is 1. The Hall–Kier alpha value is -2.17. The van der Waals surface area contributed by atoms with Crippen LogP contribution in [0.3, 0.4) is 0 Å². The van der Waals surface area contributed by atoms with Gasteiger partial charge in [-0.15, -0.1) is 0 Å². The van der Waals surface area contributed by atoms with Crippen LogP contribution in [-0.2, 0) is 29.0 Å². The van der Waals surface area contributed by atoms with E-state index in [1.165, 1.54) is 38.8 Å². The second-order valence-corrected chi connectivity index (χ2v) is 9.93. The largest absolute Gasteiger partial charge is 0.367 e. The summed E-state index contributed by atoms with van der Waals surface area (Å²) in [6.45, 7) is 7.26. The SMILES string of the molecule is CCCN(CC1[C@H]2CN(C(=O)COCc3ccccc3)C[C@@H]12)C1CCc2ccccc2C1. The van der Waals surface area contributed by atoms with Crippen LogP contribution >= 0.6 is 0 Å². The van der Waals surface area contributed by atoms with Crippen molar-refractivity contribution >= 4 is 5.91 Å². The number of rotatable bonds is 9. The van der Waals surface area contributed by atoms with Crippen molar-refractivity contribution in [2.45, 2.75) is 45.3 Å². The Morgan fingerprint density at radius 3 is 2.50 bits per heavy atom. The molecule has 2 fully saturated rings. The van der Waals surface area contributed by atoms with E-state index < -0.39 is 0 Å². The first kappa shape index (κ1) is 21.7. The molecule has 0 N–H and O–H groups in total. The second kappa shape index (κ2) is 9.76. The number of piperidine rings is 1. The zero-order valence-electron chi connectivity index (χ0n) is 19.3. The summed E-state index contributed by atoms with van der Waals surface area (Å²) in [5.41, 5.74) is 4.21. The van der Waals surface area contributed by atoms with Gasteiger partial charge in [-0.3, -0.25) is 9.69 Å². The lowest BCUT2D eigenvalue weighted by Gasteiger charge is -2.36. The minimum absolute atomic E-state index is 0.154. The van der Waals surface area contributed by atoms with Gasteiger partial charge in [-0.1, -0.05) is 61.5 Å². The van der Waals surface area contributed by atoms with Gasteiger partial charge in [0.05, 0.1) is 6.61 Å². The Morgan fingerprint density at radius 2 is 1.75 bits per heavy atom. The van der Waals surface area contributed by atoms with E-state index in [0.29, 0.717) is 24.5 Å². The molecule has 32 heavy (non-hydrogen) atoms. The first-order valence-electron chi connectivity index (χ1n) is 12.4. The zero-order valence-corrected chi connectivity index (χ0v) is 19.3. The Morgan fingerprint density at radius 1 is 1.03 bits per heavy atom. The van der Waals surface area contributed by atoms with Gasteiger partial charge in [0.25, 0.3) is 0 Å². The van der Waals surface area contributed by atoms with Gasteiger partial charge < -0.3 is 9.64 Å². The molecule has 2 aromatic rings. The molecular formula is C28H36N2O2. The predicted octanol–water partition coefficient (Wildman–Crippen LogP) is 4.18. The molecule has 0 spiro atoms. The number of carbonyl (C=O) groups is 1. The van der Waals surface area contributed by atoms with Gasteiger partial charge in [0, 0.05) is 25.7 Å². The van der Waals surface area contributed by atoms with E-state index >= 15 is 0 Å². The maximum absolute atomic E-state index is 12.6. The number of likely N-dealkylation sites (tertiary alicyclic amines) is 1. The summed E-state index contributed by atoms with van der Waals surface area (Å²) in [5, 5.41) is 0. The molecule has 0 aromatic heterocycles. The standard InChI is InChI=1S/C28H36N2O2/c1-2-14-29(24-13-12-22-10-6-7-11-23(22)15-24)16-25-26-17-30(18-27(25)26)28(31)20-32-19-21-8-4-3-5-9-21/h3-11,24-27H,2,12-20H2,1H3/t24?,25?,26-,27+. The second-order valence-electron chi connectivity index (χ2n) is 9.93. The molecule has 2 aliphatic carbocycles. The summed E-state index contributed by atoms with van der Waals surface area (Å²) in [7, 11) is 0. The normalized spacial score (nSPS) is 26.1. The third kappa shape index (κ3) is 4.77. The van der Waals surface area contributed by atoms with Crippen molar-refractivity contribution in [1.82, 2.24) is 9.80 Å². The highest BCUT2D eigenvalue weighted by Gasteiger charge is 2.56. The lowest BCUT2D eigenvalue weighted by Crippen LogP contribution is -2.42. The molecule has 1 heterocycles. The summed E-state index contributed by atoms with van der Waals surface area (Å²) in [6, 6.07) is 19.7. The first-order chi connectivity index (χ1) is 15.7. The third-order valence-corrected chi connectivity index (χ3v) is 7.85. The highest BCUT2D eigenvalue weighted by Crippen LogP contribution is 2.52. The van der Waals surface area contributed by atoms with Crippen LogP contribution in [0.1, 0.15) is 36.5 Å². The van der Waals surface area contributed by atoms with Crippen molar-refractivity contribution in [1.29, 1.82) is 0 Å². The average molecular weight is 433 g/mol. The molecular weight excluding hydrogens is 396 g/mol. The van der Waals surface area contributed by atoms with Crippen molar-refractivity contribution in [3.05, 3.63) is 71.3 Å². The highest BCUT2D eigenvalue weighted by molar-refractivity contribution is 5.78. The number of hydrogen-bond donors (Lipinski definition) is 0. The number of aryl methyl sites for hydroxylation is 1. The molecule has 1 saturated heterocycles. The molecule has 2 unspecified atom stereocenters. The molecule has 4 nitrogen and oxygen atoms in total. The number of carbonyl (C=O) groups excluding carboxylic acids is 1. The molecule has 0 radical (unpaired) electrons. The number of hydrogen-bond acceptors (Lipinski definition) is 3. The minimum Gasteiger partial charge on any atom is -0.367 e. The van der Waals surface area contributed by atoms with E-state index in [2.05, 4.69) is 36.1 Å². The Labute approximate surface area is 192 Å². The van der Waals surface area contributed by atoms with Gasteiger partial charge in [-0.25, -0.2) is 0 Å². The van der Waals surface area contributed by atoms with E-state index in [1.54, 1.807) is 11.1 Å². The topological polar surface area (TPSA) is 32.8 Å². The number of fused-ring (bicyclic) bond motifs is 2. The predicted molar refractivity (Wildman–Crippen MR) is 127 cm³/mol. The molecule has 1 aliphatic heterocycles. The van der Waals surface area contributed by atoms with Gasteiger partial charge in [-0.2, -0.15) is 0 Å². The van der Waals surface area contributed by atoms with E-state index in [0.717, 1.165) is 24.6 Å². The highest BCUT2D eigenvalue weighted by atomic mass is 16.5. The maximum Gasteiger partial charge on any atom is 0.248 e. The molecule has 3 aliphatic rings. The van der Waals surface area contributed by atoms with Crippen molar-refractivity contribution in [2.24, 2.45) is 17.8 Å². The quantitative estimate of drug-likeness (QED) is 0.596. The molecule has 5 rings (SSSR count). The Kier molecular flexibility index (Phi) is 6.61. The monoisotopic (exact) mass is 432 g/mol. The summed E-state index contributed by atoms with van der Waals surface area (Å²) in [4.78, 5) is 17.4. The summed E-state index contributed by atoms with van der Waals surface area (Å²) in [6.07, 6.45) is 4.90. The van der Waals surface area contributed by atoms with Crippen LogP contribution in [0.25, 0.3) is 0 Å². The van der Waals surface area contributed by atoms with E-state index in [-0.39, 0.29) is 12.5 Å². The van der Waals surface area contributed by atoms with Crippen LogP contribution in [0, 0.1) is 17.8 Å². The van der Waals surface area contributed by atoms with Crippen LogP contribution in [0.4, 0.5) is 0 Å². The Balaban J connectivity index is 1.08. The summed E-state index contributed by atoms with van der Waals surface area (Å²) < 4.78 is 5.68. The molecule has 4 heteroatoms. The number of nitrogens with zero attached hydrogens (tertiary/aromatic N) is 2. The molecule has 1 amide bonds. The van der Waals surface area contributed by atoms with Gasteiger partial charge in [0.1, 0.15) is 6.61 Å². The van der Waals surface area contributed by atoms with Crippen molar-refractivity contribution < 1.29 is 9.53 Å². The molecule has 1 saturated carbocycles. The van der Waals surface area contributed by atoms with Crippen LogP contribution in [-0.4, -0.2) is 54.5 Å². The van der Waals surface area contributed by atoms with Crippen molar-refractivity contribution in [3.8, 4) is 0 Å². The van der Waals surface area contributed by atoms with Gasteiger partial charge in [0.2, 0.25) is 5.91 Å². The van der Waals surface area contributed by atoms with Crippen LogP contribution in [0.2, 0.25) is 0 Å². The van der Waals surface area contributed by atoms with E-state index in [4.69, 9.17) is 4.74 Å². The molecule has 4 atom stereocenters. The van der Waals surface area contributed by atoms with Crippen LogP contribution < -0.4 is 0 Å². The zero-order chi connectivity index (χ0) is 21.9. The van der Waals surface area contributed by atoms with Crippen molar-refractivity contribution in [3.63, 3.8) is 0 Å². The van der Waals surface area contributed by atoms with Crippen molar-refractivity contribution in [2.75, 3.05) is 32.8 Å². The van der Waals surface area contributed by atoms with E-state index in [1.807, 2.05) is 35.2 Å². The molecule has 2 aromatic carbocycles. The summed E-state index contributed by atoms with van der Waals surface area (Å²) >= 11 is 0. The van der Waals surface area contributed by atoms with Gasteiger partial charge in [0.15, 0.2) is 0 Å². The van der Waals surface area contributed by atoms with Crippen LogP contribution in [0.15, 0.2) is 54.6 Å². The van der Waals surface area contributed by atoms with Gasteiger partial charge in [-0.05, 0) is 66.7 Å². The number of benzene rings is 2.